The van der Waals surface area contributed by atoms with Crippen LogP contribution in [0.3, 0.4) is 0 Å². The van der Waals surface area contributed by atoms with E-state index in [9.17, 15) is 4.79 Å². The zero-order chi connectivity index (χ0) is 9.60. The lowest BCUT2D eigenvalue weighted by Crippen LogP contribution is -2.33. The van der Waals surface area contributed by atoms with Crippen LogP contribution >= 0.6 is 0 Å². The van der Waals surface area contributed by atoms with Crippen LogP contribution in [0.4, 0.5) is 0 Å². The number of ether oxygens (including phenoxy) is 1. The maximum atomic E-state index is 11.8. The molecule has 2 heterocycles. The highest BCUT2D eigenvalue weighted by Gasteiger charge is 2.62. The van der Waals surface area contributed by atoms with Crippen molar-refractivity contribution in [2.24, 2.45) is 5.92 Å². The summed E-state index contributed by atoms with van der Waals surface area (Å²) in [4.78, 5) is 15.9. The smallest absolute Gasteiger partial charge is 0.169 e. The summed E-state index contributed by atoms with van der Waals surface area (Å²) in [6.45, 7) is 0.992. The predicted octanol–water partition coefficient (Wildman–Crippen LogP) is 0.939. The lowest BCUT2D eigenvalue weighted by atomic mass is 9.89. The number of hydrogen-bond donors (Lipinski definition) is 0. The molecule has 0 aromatic carbocycles. The van der Waals surface area contributed by atoms with Crippen molar-refractivity contribution in [1.29, 1.82) is 0 Å². The summed E-state index contributed by atoms with van der Waals surface area (Å²) in [5.74, 6) is 0.620. The standard InChI is InChI=1S/C11H11NO2/c13-10-7-14-6-9-4-11(9,10)8-2-1-3-12-5-8/h1-3,5,9H,4,6-7H2. The van der Waals surface area contributed by atoms with E-state index >= 15 is 0 Å². The zero-order valence-electron chi connectivity index (χ0n) is 7.77. The molecule has 2 unspecified atom stereocenters. The number of Topliss-reactive ketones (excluding diaryl/α,β-unsaturated/α-hetero) is 1. The predicted molar refractivity (Wildman–Crippen MR) is 49.8 cm³/mol. The van der Waals surface area contributed by atoms with Gasteiger partial charge >= 0.3 is 0 Å². The second kappa shape index (κ2) is 2.64. The van der Waals surface area contributed by atoms with Gasteiger partial charge in [0, 0.05) is 18.3 Å². The summed E-state index contributed by atoms with van der Waals surface area (Å²) in [7, 11) is 0. The van der Waals surface area contributed by atoms with E-state index in [2.05, 4.69) is 4.98 Å². The first-order chi connectivity index (χ1) is 6.84. The minimum atomic E-state index is -0.230. The Hall–Kier alpha value is -1.22. The van der Waals surface area contributed by atoms with Crippen molar-refractivity contribution in [3.05, 3.63) is 30.1 Å². The third-order valence-electron chi connectivity index (χ3n) is 3.33. The van der Waals surface area contributed by atoms with E-state index in [1.807, 2.05) is 18.3 Å². The number of carbonyl (C=O) groups excluding carboxylic acids is 1. The Labute approximate surface area is 82.1 Å². The molecule has 3 nitrogen and oxygen atoms in total. The topological polar surface area (TPSA) is 39.2 Å². The highest BCUT2D eigenvalue weighted by molar-refractivity contribution is 5.95. The number of pyridine rings is 1. The van der Waals surface area contributed by atoms with Gasteiger partial charge in [0.05, 0.1) is 12.0 Å². The lowest BCUT2D eigenvalue weighted by Gasteiger charge is -2.20. The van der Waals surface area contributed by atoms with E-state index < -0.39 is 0 Å². The van der Waals surface area contributed by atoms with Crippen LogP contribution in [0.25, 0.3) is 0 Å². The number of hydrogen-bond acceptors (Lipinski definition) is 3. The summed E-state index contributed by atoms with van der Waals surface area (Å²) in [6.07, 6.45) is 4.49. The van der Waals surface area contributed by atoms with E-state index in [0.29, 0.717) is 5.92 Å². The minimum absolute atomic E-state index is 0.224. The van der Waals surface area contributed by atoms with Crippen molar-refractivity contribution in [1.82, 2.24) is 4.98 Å². The molecule has 72 valence electrons. The average molecular weight is 189 g/mol. The number of aromatic nitrogens is 1. The fourth-order valence-corrected chi connectivity index (χ4v) is 2.44. The van der Waals surface area contributed by atoms with Crippen LogP contribution in [0.5, 0.6) is 0 Å². The van der Waals surface area contributed by atoms with Gasteiger partial charge in [-0.1, -0.05) is 6.07 Å². The molecule has 1 aliphatic heterocycles. The molecule has 0 N–H and O–H groups in total. The van der Waals surface area contributed by atoms with Crippen LogP contribution in [0, 0.1) is 5.92 Å². The monoisotopic (exact) mass is 189 g/mol. The highest BCUT2D eigenvalue weighted by Crippen LogP contribution is 2.56. The molecular weight excluding hydrogens is 178 g/mol. The van der Waals surface area contributed by atoms with Gasteiger partial charge in [-0.3, -0.25) is 9.78 Å². The highest BCUT2D eigenvalue weighted by atomic mass is 16.5. The molecule has 2 atom stereocenters. The SMILES string of the molecule is O=C1COCC2CC12c1cccnc1. The Morgan fingerprint density at radius 2 is 2.50 bits per heavy atom. The summed E-state index contributed by atoms with van der Waals surface area (Å²) < 4.78 is 5.21. The second-order valence-electron chi connectivity index (χ2n) is 4.05. The van der Waals surface area contributed by atoms with Crippen molar-refractivity contribution in [3.8, 4) is 0 Å². The van der Waals surface area contributed by atoms with Crippen LogP contribution < -0.4 is 0 Å². The molecule has 1 aromatic rings. The third kappa shape index (κ3) is 0.904. The quantitative estimate of drug-likeness (QED) is 0.660. The fraction of sp³-hybridized carbons (Fsp3) is 0.455. The first-order valence-corrected chi connectivity index (χ1v) is 4.85. The molecule has 1 saturated heterocycles. The van der Waals surface area contributed by atoms with Gasteiger partial charge < -0.3 is 4.74 Å². The summed E-state index contributed by atoms with van der Waals surface area (Å²) >= 11 is 0. The van der Waals surface area contributed by atoms with Gasteiger partial charge in [0.2, 0.25) is 0 Å². The number of rotatable bonds is 1. The number of fused-ring (bicyclic) bond motifs is 1. The molecule has 0 spiro atoms. The summed E-state index contributed by atoms with van der Waals surface area (Å²) in [6, 6.07) is 3.89. The Morgan fingerprint density at radius 3 is 3.21 bits per heavy atom. The number of carbonyl (C=O) groups is 1. The van der Waals surface area contributed by atoms with Crippen LogP contribution in [0.1, 0.15) is 12.0 Å². The van der Waals surface area contributed by atoms with Crippen molar-refractivity contribution in [3.63, 3.8) is 0 Å². The van der Waals surface area contributed by atoms with Crippen molar-refractivity contribution in [2.75, 3.05) is 13.2 Å². The van der Waals surface area contributed by atoms with E-state index in [0.717, 1.165) is 18.6 Å². The van der Waals surface area contributed by atoms with Crippen LogP contribution in [0.2, 0.25) is 0 Å². The number of ketones is 1. The lowest BCUT2D eigenvalue weighted by molar-refractivity contribution is -0.129. The molecule has 1 saturated carbocycles. The molecule has 3 heteroatoms. The van der Waals surface area contributed by atoms with Crippen molar-refractivity contribution >= 4 is 5.78 Å². The van der Waals surface area contributed by atoms with Gasteiger partial charge in [0.1, 0.15) is 6.61 Å². The molecular formula is C11H11NO2. The normalized spacial score (nSPS) is 35.1. The van der Waals surface area contributed by atoms with Gasteiger partial charge in [0.25, 0.3) is 0 Å². The maximum Gasteiger partial charge on any atom is 0.169 e. The fourth-order valence-electron chi connectivity index (χ4n) is 2.44. The van der Waals surface area contributed by atoms with E-state index in [1.54, 1.807) is 6.20 Å². The van der Waals surface area contributed by atoms with Gasteiger partial charge in [-0.15, -0.1) is 0 Å². The van der Waals surface area contributed by atoms with Crippen LogP contribution in [0.15, 0.2) is 24.5 Å². The minimum Gasteiger partial charge on any atom is -0.373 e. The van der Waals surface area contributed by atoms with Gasteiger partial charge in [0.15, 0.2) is 5.78 Å². The van der Waals surface area contributed by atoms with Crippen LogP contribution in [-0.2, 0) is 14.9 Å². The molecule has 0 bridgehead atoms. The first kappa shape index (κ1) is 8.12. The maximum absolute atomic E-state index is 11.8. The van der Waals surface area contributed by atoms with E-state index in [1.165, 1.54) is 0 Å². The van der Waals surface area contributed by atoms with Crippen molar-refractivity contribution < 1.29 is 9.53 Å². The molecule has 1 aromatic heterocycles. The van der Waals surface area contributed by atoms with Gasteiger partial charge in [-0.05, 0) is 18.1 Å². The van der Waals surface area contributed by atoms with E-state index in [4.69, 9.17) is 4.74 Å². The van der Waals surface area contributed by atoms with Crippen molar-refractivity contribution in [2.45, 2.75) is 11.8 Å². The molecule has 3 rings (SSSR count). The third-order valence-corrected chi connectivity index (χ3v) is 3.33. The molecule has 2 aliphatic rings. The molecule has 0 amide bonds. The Morgan fingerprint density at radius 1 is 1.57 bits per heavy atom. The summed E-state index contributed by atoms with van der Waals surface area (Å²) in [5.41, 5.74) is 0.838. The van der Waals surface area contributed by atoms with E-state index in [-0.39, 0.29) is 17.8 Å². The summed E-state index contributed by atoms with van der Waals surface area (Å²) in [5, 5.41) is 0. The van der Waals surface area contributed by atoms with Gasteiger partial charge in [-0.25, -0.2) is 0 Å². The van der Waals surface area contributed by atoms with Gasteiger partial charge in [-0.2, -0.15) is 0 Å². The Bertz CT molecular complexity index is 376. The molecule has 0 radical (unpaired) electrons. The Balaban J connectivity index is 2.02. The largest absolute Gasteiger partial charge is 0.373 e. The molecule has 14 heavy (non-hydrogen) atoms. The molecule has 1 aliphatic carbocycles. The zero-order valence-corrected chi connectivity index (χ0v) is 7.77. The number of nitrogens with zero attached hydrogens (tertiary/aromatic N) is 1. The Kier molecular flexibility index (Phi) is 1.53. The average Bonchev–Trinajstić information content (AvgIpc) is 2.96. The van der Waals surface area contributed by atoms with Crippen LogP contribution in [-0.4, -0.2) is 24.0 Å². The first-order valence-electron chi connectivity index (χ1n) is 4.85. The second-order valence-corrected chi connectivity index (χ2v) is 4.05. The molecule has 2 fully saturated rings.